The summed E-state index contributed by atoms with van der Waals surface area (Å²) in [7, 11) is 0.299. The van der Waals surface area contributed by atoms with Gasteiger partial charge in [0.15, 0.2) is 8.32 Å². The van der Waals surface area contributed by atoms with E-state index in [1.54, 1.807) is 0 Å². The molecule has 3 heteroatoms. The molecule has 0 radical (unpaired) electrons. The van der Waals surface area contributed by atoms with Gasteiger partial charge in [-0.25, -0.2) is 0 Å². The maximum absolute atomic E-state index is 6.00. The third kappa shape index (κ3) is 3.86. The van der Waals surface area contributed by atoms with Gasteiger partial charge in [0.2, 0.25) is 0 Å². The predicted octanol–water partition coefficient (Wildman–Crippen LogP) is 3.77. The highest BCUT2D eigenvalue weighted by Crippen LogP contribution is 2.39. The van der Waals surface area contributed by atoms with E-state index in [9.17, 15) is 0 Å². The van der Waals surface area contributed by atoms with Gasteiger partial charge in [-0.3, -0.25) is 0 Å². The molecule has 0 atom stereocenters. The molecule has 0 saturated heterocycles. The van der Waals surface area contributed by atoms with E-state index in [1.165, 1.54) is 12.5 Å². The summed E-state index contributed by atoms with van der Waals surface area (Å²) in [6.07, 6.45) is 1.18. The van der Waals surface area contributed by atoms with Gasteiger partial charge in [-0.1, -0.05) is 41.5 Å². The summed E-state index contributed by atoms with van der Waals surface area (Å²) in [5.41, 5.74) is 7.40. The van der Waals surface area contributed by atoms with Crippen molar-refractivity contribution in [3.05, 3.63) is 0 Å². The zero-order chi connectivity index (χ0) is 13.0. The molecular weight excluding hydrogens is 214 g/mol. The molecule has 0 aliphatic heterocycles. The fraction of sp³-hybridized carbons (Fsp3) is 1.00. The lowest BCUT2D eigenvalue weighted by Gasteiger charge is -2.39. The van der Waals surface area contributed by atoms with Crippen LogP contribution in [0, 0.1) is 5.41 Å². The van der Waals surface area contributed by atoms with Gasteiger partial charge < -0.3 is 10.2 Å². The highest BCUT2D eigenvalue weighted by atomic mass is 28.4. The zero-order valence-electron chi connectivity index (χ0n) is 12.3. The summed E-state index contributed by atoms with van der Waals surface area (Å²) >= 11 is 0. The molecule has 0 aliphatic carbocycles. The second kappa shape index (κ2) is 6.17. The van der Waals surface area contributed by atoms with Gasteiger partial charge in [-0.2, -0.15) is 0 Å². The van der Waals surface area contributed by atoms with E-state index in [1.807, 2.05) is 7.11 Å². The molecule has 2 nitrogen and oxygen atoms in total. The quantitative estimate of drug-likeness (QED) is 0.693. The van der Waals surface area contributed by atoms with Gasteiger partial charge in [-0.15, -0.1) is 0 Å². The third-order valence-corrected chi connectivity index (χ3v) is 9.78. The molecule has 0 aromatic carbocycles. The highest BCUT2D eigenvalue weighted by molar-refractivity contribution is 6.76. The molecule has 98 valence electrons. The first-order valence-corrected chi connectivity index (χ1v) is 8.74. The molecule has 0 rings (SSSR count). The molecule has 0 fully saturated rings. The van der Waals surface area contributed by atoms with Gasteiger partial charge in [0.1, 0.15) is 0 Å². The summed E-state index contributed by atoms with van der Waals surface area (Å²) in [5.74, 6) is 0. The van der Waals surface area contributed by atoms with Crippen LogP contribution < -0.4 is 5.73 Å². The molecule has 16 heavy (non-hydrogen) atoms. The van der Waals surface area contributed by atoms with Crippen LogP contribution in [0.25, 0.3) is 0 Å². The minimum Gasteiger partial charge on any atom is -0.419 e. The van der Waals surface area contributed by atoms with Crippen molar-refractivity contribution < 1.29 is 4.43 Å². The summed E-state index contributed by atoms with van der Waals surface area (Å²) in [4.78, 5) is 0. The van der Waals surface area contributed by atoms with E-state index in [0.717, 1.165) is 6.54 Å². The molecule has 0 saturated carbocycles. The third-order valence-electron chi connectivity index (χ3n) is 4.08. The van der Waals surface area contributed by atoms with Crippen molar-refractivity contribution in [3.63, 3.8) is 0 Å². The number of nitrogens with two attached hydrogens (primary N) is 1. The maximum atomic E-state index is 6.00. The fourth-order valence-corrected chi connectivity index (χ4v) is 7.16. The summed E-state index contributed by atoms with van der Waals surface area (Å²) in [6, 6.07) is 1.23. The SMILES string of the molecule is CO[Si](CCC(C)(C)CN)(C(C)C)C(C)C. The highest BCUT2D eigenvalue weighted by Gasteiger charge is 2.41. The summed E-state index contributed by atoms with van der Waals surface area (Å²) in [6.45, 7) is 14.5. The first-order valence-electron chi connectivity index (χ1n) is 6.47. The maximum Gasteiger partial charge on any atom is 0.197 e. The van der Waals surface area contributed by atoms with Crippen LogP contribution in [0.4, 0.5) is 0 Å². The number of hydrogen-bond acceptors (Lipinski definition) is 2. The second-order valence-corrected chi connectivity index (χ2v) is 11.5. The first kappa shape index (κ1) is 16.1. The number of rotatable bonds is 7. The predicted molar refractivity (Wildman–Crippen MR) is 75.2 cm³/mol. The minimum absolute atomic E-state index is 0.251. The van der Waals surface area contributed by atoms with Crippen LogP contribution in [0.15, 0.2) is 0 Å². The van der Waals surface area contributed by atoms with Gasteiger partial charge in [-0.05, 0) is 35.5 Å². The Labute approximate surface area is 103 Å². The summed E-state index contributed by atoms with van der Waals surface area (Å²) < 4.78 is 6.00. The zero-order valence-corrected chi connectivity index (χ0v) is 13.3. The van der Waals surface area contributed by atoms with E-state index >= 15 is 0 Å². The Bertz CT molecular complexity index is 194. The van der Waals surface area contributed by atoms with Crippen LogP contribution in [-0.2, 0) is 4.43 Å². The van der Waals surface area contributed by atoms with Crippen molar-refractivity contribution in [2.45, 2.75) is 65.1 Å². The smallest absolute Gasteiger partial charge is 0.197 e. The molecule has 0 unspecified atom stereocenters. The van der Waals surface area contributed by atoms with Gasteiger partial charge in [0.05, 0.1) is 0 Å². The average molecular weight is 245 g/mol. The van der Waals surface area contributed by atoms with Gasteiger partial charge >= 0.3 is 0 Å². The van der Waals surface area contributed by atoms with Crippen molar-refractivity contribution in [2.75, 3.05) is 13.7 Å². The summed E-state index contributed by atoms with van der Waals surface area (Å²) in [5, 5.41) is 0. The van der Waals surface area contributed by atoms with E-state index in [-0.39, 0.29) is 5.41 Å². The molecule has 0 spiro atoms. The van der Waals surface area contributed by atoms with E-state index < -0.39 is 8.32 Å². The Balaban J connectivity index is 4.68. The van der Waals surface area contributed by atoms with Gasteiger partial charge in [0.25, 0.3) is 0 Å². The lowest BCUT2D eigenvalue weighted by molar-refractivity contribution is 0.328. The van der Waals surface area contributed by atoms with Crippen molar-refractivity contribution in [1.82, 2.24) is 0 Å². The molecule has 0 amide bonds. The van der Waals surface area contributed by atoms with Crippen LogP contribution in [0.3, 0.4) is 0 Å². The van der Waals surface area contributed by atoms with Crippen molar-refractivity contribution in [3.8, 4) is 0 Å². The lowest BCUT2D eigenvalue weighted by Crippen LogP contribution is -2.45. The molecule has 0 heterocycles. The molecule has 0 aromatic rings. The second-order valence-electron chi connectivity index (χ2n) is 6.34. The Morgan fingerprint density at radius 3 is 1.81 bits per heavy atom. The molecule has 0 bridgehead atoms. The monoisotopic (exact) mass is 245 g/mol. The molecule has 2 N–H and O–H groups in total. The van der Waals surface area contributed by atoms with Crippen LogP contribution >= 0.6 is 0 Å². The molecule has 0 aliphatic rings. The van der Waals surface area contributed by atoms with E-state index in [2.05, 4.69) is 41.5 Å². The van der Waals surface area contributed by atoms with E-state index in [0.29, 0.717) is 11.1 Å². The van der Waals surface area contributed by atoms with Crippen LogP contribution in [0.1, 0.15) is 48.0 Å². The Morgan fingerprint density at radius 2 is 1.56 bits per heavy atom. The van der Waals surface area contributed by atoms with Crippen LogP contribution in [-0.4, -0.2) is 22.0 Å². The minimum atomic E-state index is -1.61. The van der Waals surface area contributed by atoms with Crippen molar-refractivity contribution in [1.29, 1.82) is 0 Å². The fourth-order valence-electron chi connectivity index (χ4n) is 2.45. The Kier molecular flexibility index (Phi) is 6.23. The van der Waals surface area contributed by atoms with E-state index in [4.69, 9.17) is 10.2 Å². The topological polar surface area (TPSA) is 35.2 Å². The number of hydrogen-bond donors (Lipinski definition) is 1. The molecular formula is C13H31NOSi. The lowest BCUT2D eigenvalue weighted by atomic mass is 9.91. The Morgan fingerprint density at radius 1 is 1.12 bits per heavy atom. The van der Waals surface area contributed by atoms with Crippen molar-refractivity contribution in [2.24, 2.45) is 11.1 Å². The van der Waals surface area contributed by atoms with Crippen molar-refractivity contribution >= 4 is 8.32 Å². The van der Waals surface area contributed by atoms with Crippen LogP contribution in [0.2, 0.25) is 17.1 Å². The Hall–Kier alpha value is 0.137. The van der Waals surface area contributed by atoms with Gasteiger partial charge in [0, 0.05) is 7.11 Å². The largest absolute Gasteiger partial charge is 0.419 e. The average Bonchev–Trinajstić information content (AvgIpc) is 2.18. The standard InChI is InChI=1S/C13H31NOSi/c1-11(2)16(15-7,12(3)4)9-8-13(5,6)10-14/h11-12H,8-10,14H2,1-7H3. The van der Waals surface area contributed by atoms with Crippen LogP contribution in [0.5, 0.6) is 0 Å². The molecule has 0 aromatic heterocycles. The normalized spacial score (nSPS) is 13.9. The first-order chi connectivity index (χ1) is 7.22.